The molecular formula is C16H20N2O4. The number of benzene rings is 1. The second kappa shape index (κ2) is 5.87. The second-order valence-corrected chi connectivity index (χ2v) is 5.65. The number of hydrogen-bond acceptors (Lipinski definition) is 4. The number of nitrogens with one attached hydrogen (secondary N) is 1. The number of anilines is 1. The van der Waals surface area contributed by atoms with Crippen LogP contribution in [-0.4, -0.2) is 38.6 Å². The minimum Gasteiger partial charge on any atom is -0.497 e. The summed E-state index contributed by atoms with van der Waals surface area (Å²) in [6.07, 6.45) is 2.55. The fraction of sp³-hybridized carbons (Fsp3) is 0.500. The molecule has 0 spiro atoms. The molecule has 1 N–H and O–H groups in total. The minimum atomic E-state index is -0.600. The zero-order chi connectivity index (χ0) is 15.7. The monoisotopic (exact) mass is 304 g/mol. The van der Waals surface area contributed by atoms with Crippen molar-refractivity contribution in [3.8, 4) is 11.5 Å². The van der Waals surface area contributed by atoms with Crippen LogP contribution in [0.25, 0.3) is 0 Å². The normalized spacial score (nSPS) is 20.9. The molecule has 1 heterocycles. The fourth-order valence-corrected chi connectivity index (χ4v) is 2.70. The summed E-state index contributed by atoms with van der Waals surface area (Å²) in [7, 11) is 3.13. The van der Waals surface area contributed by atoms with Gasteiger partial charge in [0.25, 0.3) is 0 Å². The van der Waals surface area contributed by atoms with E-state index < -0.39 is 5.92 Å². The average Bonchev–Trinajstić information content (AvgIpc) is 3.26. The molecule has 1 saturated heterocycles. The molecule has 0 bridgehead atoms. The molecule has 0 aromatic heterocycles. The van der Waals surface area contributed by atoms with Crippen molar-refractivity contribution in [2.24, 2.45) is 5.92 Å². The molecule has 0 radical (unpaired) electrons. The van der Waals surface area contributed by atoms with Crippen LogP contribution in [0.1, 0.15) is 19.3 Å². The van der Waals surface area contributed by atoms with Crippen LogP contribution in [0.4, 0.5) is 5.69 Å². The van der Waals surface area contributed by atoms with Crippen molar-refractivity contribution in [3.05, 3.63) is 18.2 Å². The SMILES string of the molecule is COc1ccc(OC)c(N2CCC(C(=O)NC3CC3)C2=O)c1. The molecule has 2 amide bonds. The Morgan fingerprint density at radius 2 is 2.00 bits per heavy atom. The van der Waals surface area contributed by atoms with Crippen molar-refractivity contribution in [2.75, 3.05) is 25.7 Å². The molecule has 1 saturated carbocycles. The van der Waals surface area contributed by atoms with E-state index in [0.717, 1.165) is 12.8 Å². The maximum Gasteiger partial charge on any atom is 0.239 e. The van der Waals surface area contributed by atoms with E-state index in [0.29, 0.717) is 30.2 Å². The van der Waals surface area contributed by atoms with Crippen molar-refractivity contribution in [1.29, 1.82) is 0 Å². The Balaban J connectivity index is 1.80. The van der Waals surface area contributed by atoms with Crippen LogP contribution in [0.5, 0.6) is 11.5 Å². The maximum absolute atomic E-state index is 12.6. The van der Waals surface area contributed by atoms with Gasteiger partial charge in [-0.1, -0.05) is 0 Å². The van der Waals surface area contributed by atoms with Gasteiger partial charge in [-0.15, -0.1) is 0 Å². The summed E-state index contributed by atoms with van der Waals surface area (Å²) >= 11 is 0. The molecule has 1 unspecified atom stereocenters. The lowest BCUT2D eigenvalue weighted by molar-refractivity contribution is -0.132. The molecule has 1 aromatic rings. The van der Waals surface area contributed by atoms with Gasteiger partial charge in [0.15, 0.2) is 0 Å². The smallest absolute Gasteiger partial charge is 0.239 e. The molecule has 118 valence electrons. The number of amides is 2. The first-order valence-electron chi connectivity index (χ1n) is 7.48. The van der Waals surface area contributed by atoms with Crippen molar-refractivity contribution in [1.82, 2.24) is 5.32 Å². The molecule has 1 aliphatic heterocycles. The Hall–Kier alpha value is -2.24. The summed E-state index contributed by atoms with van der Waals surface area (Å²) in [5.74, 6) is 0.310. The zero-order valence-electron chi connectivity index (χ0n) is 12.8. The standard InChI is InChI=1S/C16H20N2O4/c1-21-11-5-6-14(22-2)13(9-11)18-8-7-12(16(18)20)15(19)17-10-3-4-10/h5-6,9-10,12H,3-4,7-8H2,1-2H3,(H,17,19). The predicted molar refractivity (Wildman–Crippen MR) is 81.2 cm³/mol. The molecule has 1 aliphatic carbocycles. The topological polar surface area (TPSA) is 67.9 Å². The number of hydrogen-bond donors (Lipinski definition) is 1. The molecule has 22 heavy (non-hydrogen) atoms. The predicted octanol–water partition coefficient (Wildman–Crippen LogP) is 1.34. The lowest BCUT2D eigenvalue weighted by Gasteiger charge is -2.20. The molecule has 6 nitrogen and oxygen atoms in total. The zero-order valence-corrected chi connectivity index (χ0v) is 12.8. The van der Waals surface area contributed by atoms with E-state index in [4.69, 9.17) is 9.47 Å². The van der Waals surface area contributed by atoms with Gasteiger partial charge in [0.05, 0.1) is 19.9 Å². The van der Waals surface area contributed by atoms with Crippen molar-refractivity contribution < 1.29 is 19.1 Å². The van der Waals surface area contributed by atoms with E-state index in [1.165, 1.54) is 0 Å². The van der Waals surface area contributed by atoms with Crippen LogP contribution in [0.3, 0.4) is 0 Å². The van der Waals surface area contributed by atoms with Crippen LogP contribution in [0, 0.1) is 5.92 Å². The van der Waals surface area contributed by atoms with Gasteiger partial charge in [-0.05, 0) is 31.4 Å². The Morgan fingerprint density at radius 1 is 1.23 bits per heavy atom. The third-order valence-electron chi connectivity index (χ3n) is 4.12. The Labute approximate surface area is 129 Å². The van der Waals surface area contributed by atoms with Crippen molar-refractivity contribution >= 4 is 17.5 Å². The van der Waals surface area contributed by atoms with Crippen LogP contribution in [-0.2, 0) is 9.59 Å². The Kier molecular flexibility index (Phi) is 3.92. The average molecular weight is 304 g/mol. The summed E-state index contributed by atoms with van der Waals surface area (Å²) in [5, 5.41) is 2.91. The number of carbonyl (C=O) groups is 2. The number of carbonyl (C=O) groups excluding carboxylic acids is 2. The first-order chi connectivity index (χ1) is 10.6. The highest BCUT2D eigenvalue weighted by Crippen LogP contribution is 2.36. The van der Waals surface area contributed by atoms with Gasteiger partial charge in [0, 0.05) is 18.7 Å². The molecular weight excluding hydrogens is 284 g/mol. The van der Waals surface area contributed by atoms with Gasteiger partial charge in [0.1, 0.15) is 17.4 Å². The highest BCUT2D eigenvalue weighted by molar-refractivity contribution is 6.10. The first-order valence-corrected chi connectivity index (χ1v) is 7.48. The second-order valence-electron chi connectivity index (χ2n) is 5.65. The summed E-state index contributed by atoms with van der Waals surface area (Å²) in [6, 6.07) is 5.57. The van der Waals surface area contributed by atoms with Gasteiger partial charge in [-0.3, -0.25) is 9.59 Å². The molecule has 1 atom stereocenters. The summed E-state index contributed by atoms with van der Waals surface area (Å²) in [6.45, 7) is 0.505. The molecule has 6 heteroatoms. The van der Waals surface area contributed by atoms with Crippen molar-refractivity contribution in [3.63, 3.8) is 0 Å². The van der Waals surface area contributed by atoms with Crippen LogP contribution in [0.2, 0.25) is 0 Å². The molecule has 2 fully saturated rings. The summed E-state index contributed by atoms with van der Waals surface area (Å²) < 4.78 is 10.5. The minimum absolute atomic E-state index is 0.156. The van der Waals surface area contributed by atoms with Crippen molar-refractivity contribution in [2.45, 2.75) is 25.3 Å². The van der Waals surface area contributed by atoms with Gasteiger partial charge in [-0.25, -0.2) is 0 Å². The fourth-order valence-electron chi connectivity index (χ4n) is 2.70. The van der Waals surface area contributed by atoms with Gasteiger partial charge >= 0.3 is 0 Å². The largest absolute Gasteiger partial charge is 0.497 e. The number of ether oxygens (including phenoxy) is 2. The van der Waals surface area contributed by atoms with E-state index in [1.54, 1.807) is 37.3 Å². The third kappa shape index (κ3) is 2.73. The highest BCUT2D eigenvalue weighted by Gasteiger charge is 2.40. The summed E-state index contributed by atoms with van der Waals surface area (Å²) in [5.41, 5.74) is 0.647. The molecule has 2 aliphatic rings. The lowest BCUT2D eigenvalue weighted by atomic mass is 10.1. The van der Waals surface area contributed by atoms with E-state index in [9.17, 15) is 9.59 Å². The number of methoxy groups -OCH3 is 2. The van der Waals surface area contributed by atoms with Gasteiger partial charge in [-0.2, -0.15) is 0 Å². The van der Waals surface area contributed by atoms with Gasteiger partial charge in [0.2, 0.25) is 11.8 Å². The van der Waals surface area contributed by atoms with Crippen LogP contribution in [0.15, 0.2) is 18.2 Å². The Bertz CT molecular complexity index is 598. The maximum atomic E-state index is 12.6. The van der Waals surface area contributed by atoms with E-state index in [1.807, 2.05) is 0 Å². The van der Waals surface area contributed by atoms with Crippen LogP contribution < -0.4 is 19.7 Å². The Morgan fingerprint density at radius 3 is 2.64 bits per heavy atom. The summed E-state index contributed by atoms with van der Waals surface area (Å²) in [4.78, 5) is 26.3. The number of rotatable bonds is 5. The quantitative estimate of drug-likeness (QED) is 0.834. The van der Waals surface area contributed by atoms with E-state index >= 15 is 0 Å². The third-order valence-corrected chi connectivity index (χ3v) is 4.12. The first kappa shape index (κ1) is 14.7. The molecule has 1 aromatic carbocycles. The van der Waals surface area contributed by atoms with Crippen LogP contribution >= 0.6 is 0 Å². The van der Waals surface area contributed by atoms with Gasteiger partial charge < -0.3 is 19.7 Å². The molecule has 3 rings (SSSR count). The lowest BCUT2D eigenvalue weighted by Crippen LogP contribution is -2.37. The number of nitrogens with zero attached hydrogens (tertiary/aromatic N) is 1. The van der Waals surface area contributed by atoms with E-state index in [-0.39, 0.29) is 17.9 Å². The highest BCUT2D eigenvalue weighted by atomic mass is 16.5. The van der Waals surface area contributed by atoms with E-state index in [2.05, 4.69) is 5.32 Å².